The number of carbonyl (C=O) groups is 2. The van der Waals surface area contributed by atoms with Gasteiger partial charge in [0.1, 0.15) is 14.1 Å². The van der Waals surface area contributed by atoms with Gasteiger partial charge in [0, 0.05) is 107 Å². The maximum Gasteiger partial charge on any atom is 0.425 e. The summed E-state index contributed by atoms with van der Waals surface area (Å²) in [6, 6.07) is 32.7. The minimum atomic E-state index is -4.35. The summed E-state index contributed by atoms with van der Waals surface area (Å²) in [5, 5.41) is 12.0. The number of carboxylic acids is 1. The topological polar surface area (TPSA) is 316 Å². The Balaban J connectivity index is 0.000000242. The maximum absolute atomic E-state index is 12.4. The van der Waals surface area contributed by atoms with Crippen LogP contribution in [-0.2, 0) is 63.1 Å². The van der Waals surface area contributed by atoms with E-state index in [9.17, 15) is 40.6 Å². The number of allylic oxidation sites excluding steroid dienone is 12. The highest BCUT2D eigenvalue weighted by atomic mass is 32.2. The van der Waals surface area contributed by atoms with Crippen molar-refractivity contribution in [2.75, 3.05) is 44.5 Å². The second-order valence-electron chi connectivity index (χ2n) is 24.3. The number of nitrogens with zero attached hydrogens (tertiary/aromatic N) is 6. The fraction of sp³-hybridized carbons (Fsp3) is 0.246. The summed E-state index contributed by atoms with van der Waals surface area (Å²) < 4.78 is 122. The van der Waals surface area contributed by atoms with Crippen LogP contribution in [0, 0.1) is 12.3 Å². The zero-order chi connectivity index (χ0) is 70.5. The van der Waals surface area contributed by atoms with E-state index in [-0.39, 0.29) is 38.6 Å². The predicted octanol–water partition coefficient (Wildman–Crippen LogP) is 9.62. The normalized spacial score (nSPS) is 17.2. The Morgan fingerprint density at radius 2 is 0.937 bits per heavy atom. The van der Waals surface area contributed by atoms with E-state index >= 15 is 0 Å². The first-order chi connectivity index (χ1) is 44.3. The molecule has 95 heavy (non-hydrogen) atoms. The van der Waals surface area contributed by atoms with Gasteiger partial charge in [-0.05, 0) is 124 Å². The minimum absolute atomic E-state index is 0.101. The van der Waals surface area contributed by atoms with Gasteiger partial charge in [-0.25, -0.2) is 4.79 Å². The van der Waals surface area contributed by atoms with Crippen LogP contribution >= 0.6 is 0 Å². The lowest BCUT2D eigenvalue weighted by Crippen LogP contribution is -2.26. The van der Waals surface area contributed by atoms with E-state index in [1.165, 1.54) is 53.9 Å². The van der Waals surface area contributed by atoms with Crippen LogP contribution in [0.2, 0.25) is 0 Å². The summed E-state index contributed by atoms with van der Waals surface area (Å²) in [6.45, 7) is 17.0. The number of anilines is 2. The van der Waals surface area contributed by atoms with Crippen molar-refractivity contribution in [2.24, 2.45) is 0 Å². The number of rotatable bonds is 13. The molecule has 494 valence electrons. The molecule has 0 saturated heterocycles. The van der Waals surface area contributed by atoms with E-state index in [0.29, 0.717) is 17.0 Å². The number of likely N-dealkylation sites (N-methyl/N-ethyl adjacent to an activating group) is 2. The molecule has 0 saturated carbocycles. The minimum Gasteiger partial charge on any atom is -0.478 e. The number of hydrogen-bond acceptors (Lipinski definition) is 16. The van der Waals surface area contributed by atoms with E-state index in [2.05, 4.69) is 108 Å². The summed E-state index contributed by atoms with van der Waals surface area (Å²) in [6.07, 6.45) is 24.3. The molecule has 4 N–H and O–H groups in total. The summed E-state index contributed by atoms with van der Waals surface area (Å²) in [7, 11) is -6.96. The van der Waals surface area contributed by atoms with Crippen molar-refractivity contribution in [1.29, 1.82) is 0 Å². The Morgan fingerprint density at radius 3 is 1.26 bits per heavy atom. The molecule has 0 aliphatic carbocycles. The zero-order valence-corrected chi connectivity index (χ0v) is 57.3. The molecule has 2 aromatic heterocycles. The second-order valence-corrected chi connectivity index (χ2v) is 28.0. The average Bonchev–Trinajstić information content (AvgIpc) is 1.63. The molecule has 0 bridgehead atoms. The first-order valence-corrected chi connectivity index (χ1v) is 33.9. The van der Waals surface area contributed by atoms with E-state index in [4.69, 9.17) is 31.7 Å². The number of amides is 1. The number of carbonyl (C=O) groups excluding carboxylic acids is 1. The number of aromatic nitrogens is 2. The highest BCUT2D eigenvalue weighted by Crippen LogP contribution is 2.50. The van der Waals surface area contributed by atoms with Gasteiger partial charge in [0.25, 0.3) is 26.1 Å². The SMILES string of the molecule is C#CCNC(=O)c1ccc(C(=C\C=C2\N(C)c3ccc(S(=O)(=O)O)cc3C2(C)C)/C=C/C2=[N+](C)c3ccccc3C2(C)C)nc1.CN1/C(=C/C=C(/C=C/C2=[N+](C)c3ccccc3C2(C)C)c2ccc(C(=O)O)cn2)C(C)(C)c2cc(S(=O)(=O)O)ccc21.O=S(=O)=O.O=S(=O)=O. The Hall–Kier alpha value is -9.88. The monoisotopic (exact) mass is 1370 g/mol. The van der Waals surface area contributed by atoms with Crippen LogP contribution in [0.1, 0.15) is 110 Å². The summed E-state index contributed by atoms with van der Waals surface area (Å²) in [5.74, 6) is 1.06. The highest BCUT2D eigenvalue weighted by molar-refractivity contribution is 7.86. The van der Waals surface area contributed by atoms with Gasteiger partial charge in [-0.1, -0.05) is 82.2 Å². The molecule has 0 fully saturated rings. The molecule has 6 aromatic rings. The molecule has 0 atom stereocenters. The molecule has 4 aliphatic rings. The first kappa shape index (κ1) is 72.5. The third-order valence-electron chi connectivity index (χ3n) is 17.1. The molecule has 10 rings (SSSR count). The molecule has 4 aliphatic heterocycles. The van der Waals surface area contributed by atoms with E-state index in [1.54, 1.807) is 30.3 Å². The van der Waals surface area contributed by atoms with Gasteiger partial charge in [0.05, 0.1) is 49.7 Å². The Labute approximate surface area is 555 Å². The van der Waals surface area contributed by atoms with Crippen molar-refractivity contribution in [3.05, 3.63) is 226 Å². The standard InChI is InChI=1S/C36H36N4O4S.C33H33N3O5S.2O3S/c1-8-21-37-34(41)25-13-17-29(38-23-25)24(14-19-32-35(2,3)27-11-9-10-12-30(27)39(32)6)15-20-33-36(4,5)28-22-26(45(42,43)44)16-18-31(28)40(33)7;1-32(2)24-9-7-8-10-27(24)35(5)29(32)17-12-21(26-15-11-22(20-34-26)31(37)38)13-18-30-33(3,4)25-19-23(42(39,40)41)14-16-28(25)36(30)6;2*1-4(2)3/h1,9-20,22-23H,21H2,2-7H3,(H-,37,41,42,43,44);7-20H,1-6H3,(H-,37,38,39,40,41);;/p+2. The lowest BCUT2D eigenvalue weighted by Gasteiger charge is -2.24. The third-order valence-corrected chi connectivity index (χ3v) is 18.8. The average molecular weight is 1370 g/mol. The highest BCUT2D eigenvalue weighted by Gasteiger charge is 2.45. The predicted molar refractivity (Wildman–Crippen MR) is 362 cm³/mol. The van der Waals surface area contributed by atoms with E-state index < -0.39 is 58.3 Å². The molecule has 0 radical (unpaired) electrons. The van der Waals surface area contributed by atoms with Crippen LogP contribution in [0.5, 0.6) is 0 Å². The van der Waals surface area contributed by atoms with Crippen LogP contribution < -0.4 is 15.1 Å². The van der Waals surface area contributed by atoms with Crippen LogP contribution in [-0.4, -0.2) is 133 Å². The Morgan fingerprint density at radius 1 is 0.568 bits per heavy atom. The van der Waals surface area contributed by atoms with Gasteiger partial charge in [-0.15, -0.1) is 31.7 Å². The van der Waals surface area contributed by atoms with Gasteiger partial charge < -0.3 is 20.2 Å². The number of carboxylic acid groups (broad SMARTS) is 1. The van der Waals surface area contributed by atoms with Gasteiger partial charge in [0.15, 0.2) is 11.4 Å². The lowest BCUT2D eigenvalue weighted by molar-refractivity contribution is -0.401. The van der Waals surface area contributed by atoms with Crippen LogP contribution in [0.3, 0.4) is 0 Å². The number of pyridine rings is 2. The van der Waals surface area contributed by atoms with Crippen molar-refractivity contribution in [3.8, 4) is 12.3 Å². The molecular formula is C69H71N7O15S4+2. The van der Waals surface area contributed by atoms with Crippen molar-refractivity contribution < 1.29 is 75.0 Å². The third kappa shape index (κ3) is 15.7. The number of fused-ring (bicyclic) bond motifs is 4. The second kappa shape index (κ2) is 28.4. The largest absolute Gasteiger partial charge is 0.478 e. The van der Waals surface area contributed by atoms with Crippen molar-refractivity contribution in [3.63, 3.8) is 0 Å². The molecule has 0 unspecified atom stereocenters. The molecular weight excluding hydrogens is 1300 g/mol. The molecule has 6 heterocycles. The smallest absolute Gasteiger partial charge is 0.425 e. The van der Waals surface area contributed by atoms with Crippen LogP contribution in [0.25, 0.3) is 11.1 Å². The number of aromatic carboxylic acids is 1. The maximum atomic E-state index is 12.4. The Bertz CT molecular complexity index is 4860. The molecule has 4 aromatic carbocycles. The van der Waals surface area contributed by atoms with Crippen LogP contribution in [0.4, 0.5) is 22.7 Å². The molecule has 26 heteroatoms. The van der Waals surface area contributed by atoms with Gasteiger partial charge in [-0.3, -0.25) is 23.9 Å². The molecule has 22 nitrogen and oxygen atoms in total. The lowest BCUT2D eigenvalue weighted by atomic mass is 9.81. The zero-order valence-electron chi connectivity index (χ0n) is 54.0. The van der Waals surface area contributed by atoms with Gasteiger partial charge in [0.2, 0.25) is 11.4 Å². The molecule has 1 amide bonds. The van der Waals surface area contributed by atoms with E-state index in [1.807, 2.05) is 113 Å². The fourth-order valence-electron chi connectivity index (χ4n) is 12.3. The fourth-order valence-corrected chi connectivity index (χ4v) is 13.3. The number of para-hydroxylation sites is 2. The number of nitrogens with one attached hydrogen (secondary N) is 1. The number of hydrogen-bond donors (Lipinski definition) is 4. The number of terminal acetylenes is 1. The van der Waals surface area contributed by atoms with Crippen LogP contribution in [0.15, 0.2) is 191 Å². The quantitative estimate of drug-likeness (QED) is 0.0362. The molecule has 0 spiro atoms. The van der Waals surface area contributed by atoms with Gasteiger partial charge >= 0.3 is 27.2 Å². The summed E-state index contributed by atoms with van der Waals surface area (Å²) >= 11 is 0. The summed E-state index contributed by atoms with van der Waals surface area (Å²) in [5.41, 5.74) is 13.9. The van der Waals surface area contributed by atoms with Crippen molar-refractivity contribution >= 4 is 98.6 Å². The number of benzene rings is 4. The van der Waals surface area contributed by atoms with Crippen molar-refractivity contribution in [2.45, 2.75) is 86.8 Å². The summed E-state index contributed by atoms with van der Waals surface area (Å²) in [4.78, 5) is 36.7. The van der Waals surface area contributed by atoms with Gasteiger partial charge in [-0.2, -0.15) is 26.0 Å². The van der Waals surface area contributed by atoms with Crippen molar-refractivity contribution in [1.82, 2.24) is 15.3 Å². The Kier molecular flexibility index (Phi) is 21.7. The van der Waals surface area contributed by atoms with E-state index in [0.717, 1.165) is 67.8 Å². The first-order valence-electron chi connectivity index (χ1n) is 29.0.